The van der Waals surface area contributed by atoms with Crippen LogP contribution in [0, 0.1) is 42.4 Å². The number of carboxylic acid groups (broad SMARTS) is 1. The van der Waals surface area contributed by atoms with E-state index in [9.17, 15) is 39.9 Å². The number of aromatic carboxylic acids is 1. The summed E-state index contributed by atoms with van der Waals surface area (Å²) >= 11 is 0. The maximum Gasteiger partial charge on any atom is 0.339 e. The molecule has 0 aromatic heterocycles. The zero-order valence-electron chi connectivity index (χ0n) is 35.1. The fourth-order valence-electron chi connectivity index (χ4n) is 10.1. The summed E-state index contributed by atoms with van der Waals surface area (Å²) in [7, 11) is 1.51. The molecule has 4 aliphatic heterocycles. The van der Waals surface area contributed by atoms with E-state index in [1.54, 1.807) is 58.9 Å². The van der Waals surface area contributed by atoms with E-state index >= 15 is 0 Å². The lowest BCUT2D eigenvalue weighted by Gasteiger charge is -2.54. The van der Waals surface area contributed by atoms with E-state index in [4.69, 9.17) is 28.4 Å². The van der Waals surface area contributed by atoms with Crippen LogP contribution < -0.4 is 0 Å². The molecule has 0 radical (unpaired) electrons. The van der Waals surface area contributed by atoms with Crippen molar-refractivity contribution in [1.82, 2.24) is 0 Å². The number of aliphatic hydroxyl groups is 3. The predicted molar refractivity (Wildman–Crippen MR) is 206 cm³/mol. The average Bonchev–Trinajstić information content (AvgIpc) is 3.66. The summed E-state index contributed by atoms with van der Waals surface area (Å²) in [5.74, 6) is -8.73. The van der Waals surface area contributed by atoms with Crippen molar-refractivity contribution in [2.45, 2.75) is 154 Å². The molecule has 0 bridgehead atoms. The second kappa shape index (κ2) is 17.0. The topological polar surface area (TPSA) is 208 Å². The largest absolute Gasteiger partial charge is 0.507 e. The number of ether oxygens (including phenoxy) is 6. The SMILES string of the molecule is CCOC(=O)[C@H]1O[C@@H]([C@@]2(C)OC3(OC4(C=C[C@H]3O)O[C@H]([C@@H](C)C(=O)[C@@H](C)[C@@H](O)[C@H](C)C[C@H](C)c3ccc(C)c(O)c3C(=O)O)[C@@H](C)C[C@H]4C)C(C)[C@H]2OC)C[C@H]1O. The lowest BCUT2D eigenvalue weighted by molar-refractivity contribution is -0.414. The van der Waals surface area contributed by atoms with Crippen molar-refractivity contribution in [3.63, 3.8) is 0 Å². The van der Waals surface area contributed by atoms with Gasteiger partial charge in [0.25, 0.3) is 0 Å². The molecule has 4 heterocycles. The van der Waals surface area contributed by atoms with Gasteiger partial charge in [0.05, 0.1) is 37.1 Å². The van der Waals surface area contributed by atoms with Crippen LogP contribution in [0.1, 0.15) is 109 Å². The summed E-state index contributed by atoms with van der Waals surface area (Å²) in [5, 5.41) is 54.3. The van der Waals surface area contributed by atoms with Gasteiger partial charge in [-0.15, -0.1) is 0 Å². The Morgan fingerprint density at radius 2 is 1.70 bits per heavy atom. The highest BCUT2D eigenvalue weighted by Crippen LogP contribution is 2.56. The highest BCUT2D eigenvalue weighted by Gasteiger charge is 2.70. The Morgan fingerprint density at radius 3 is 2.32 bits per heavy atom. The minimum Gasteiger partial charge on any atom is -0.507 e. The zero-order chi connectivity index (χ0) is 42.5. The smallest absolute Gasteiger partial charge is 0.339 e. The van der Waals surface area contributed by atoms with Gasteiger partial charge in [-0.1, -0.05) is 60.6 Å². The first-order chi connectivity index (χ1) is 26.6. The maximum atomic E-state index is 14.2. The number of hydrogen-bond acceptors (Lipinski definition) is 13. The maximum absolute atomic E-state index is 14.2. The molecule has 14 nitrogen and oxygen atoms in total. The molecule has 17 atom stereocenters. The Kier molecular flexibility index (Phi) is 13.4. The van der Waals surface area contributed by atoms with Crippen molar-refractivity contribution in [1.29, 1.82) is 0 Å². The highest BCUT2D eigenvalue weighted by molar-refractivity contribution is 5.93. The number of benzene rings is 1. The zero-order valence-corrected chi connectivity index (χ0v) is 35.1. The summed E-state index contributed by atoms with van der Waals surface area (Å²) in [4.78, 5) is 38.9. The van der Waals surface area contributed by atoms with Crippen LogP contribution in [0.15, 0.2) is 24.3 Å². The number of hydrogen-bond donors (Lipinski definition) is 5. The third kappa shape index (κ3) is 7.93. The Labute approximate surface area is 335 Å². The van der Waals surface area contributed by atoms with E-state index in [1.807, 2.05) is 34.6 Å². The molecular weight excluding hydrogens is 740 g/mol. The molecule has 3 saturated heterocycles. The number of esters is 1. The summed E-state index contributed by atoms with van der Waals surface area (Å²) in [6.07, 6.45) is -2.62. The number of Topliss-reactive ketones (excluding diaryl/α,β-unsaturated/α-hetero) is 1. The quantitative estimate of drug-likeness (QED) is 0.136. The minimum absolute atomic E-state index is 0.0479. The van der Waals surface area contributed by atoms with Gasteiger partial charge in [-0.3, -0.25) is 4.79 Å². The van der Waals surface area contributed by atoms with Gasteiger partial charge in [0.1, 0.15) is 28.8 Å². The molecule has 2 spiro atoms. The van der Waals surface area contributed by atoms with Crippen LogP contribution in [0.2, 0.25) is 0 Å². The summed E-state index contributed by atoms with van der Waals surface area (Å²) < 4.78 is 37.8. The molecule has 3 unspecified atom stereocenters. The summed E-state index contributed by atoms with van der Waals surface area (Å²) in [6.45, 7) is 18.1. The van der Waals surface area contributed by atoms with Gasteiger partial charge >= 0.3 is 11.9 Å². The number of carboxylic acids is 1. The van der Waals surface area contributed by atoms with Gasteiger partial charge in [0.2, 0.25) is 5.79 Å². The summed E-state index contributed by atoms with van der Waals surface area (Å²) in [5.41, 5.74) is -0.550. The Morgan fingerprint density at radius 1 is 1.04 bits per heavy atom. The molecule has 0 aliphatic carbocycles. The number of aryl methyl sites for hydroxylation is 1. The van der Waals surface area contributed by atoms with Crippen LogP contribution in [-0.2, 0) is 38.0 Å². The van der Waals surface area contributed by atoms with Gasteiger partial charge in [0.15, 0.2) is 11.9 Å². The van der Waals surface area contributed by atoms with Crippen LogP contribution >= 0.6 is 0 Å². The number of carbonyl (C=O) groups excluding carboxylic acids is 2. The lowest BCUT2D eigenvalue weighted by atomic mass is 9.74. The highest BCUT2D eigenvalue weighted by atomic mass is 16.8. The lowest BCUT2D eigenvalue weighted by Crippen LogP contribution is -2.64. The van der Waals surface area contributed by atoms with E-state index in [0.717, 1.165) is 0 Å². The molecule has 0 saturated carbocycles. The Hall–Kier alpha value is -2.95. The van der Waals surface area contributed by atoms with E-state index in [0.29, 0.717) is 24.0 Å². The standard InChI is InChI=1S/C43H64O14/c1-12-53-40(51)37-29(44)19-31(54-37)41(10)38(52-11)27(9)43(56-41)30(45)15-16-42(57-43)24(6)18-23(5)36(55-42)26(8)35(48)25(7)33(46)22(4)17-21(3)28-14-13-20(2)34(47)32(28)39(49)50/h13-16,21-27,29-31,33,36-38,44-47H,12,17-19H2,1-11H3,(H,49,50)/t21-,22+,23-,24+,25-,26-,27?,29+,30+,31+,33-,36-,37-,38+,41+,42?,43?/m0/s1. The first-order valence-electron chi connectivity index (χ1n) is 20.4. The number of aliphatic hydroxyl groups excluding tert-OH is 3. The number of carbonyl (C=O) groups is 3. The van der Waals surface area contributed by atoms with Crippen molar-refractivity contribution < 1.29 is 68.3 Å². The Balaban J connectivity index is 1.34. The van der Waals surface area contributed by atoms with E-state index in [1.165, 1.54) is 7.11 Å². The average molecular weight is 805 g/mol. The molecule has 14 heteroatoms. The first kappa shape index (κ1) is 45.1. The van der Waals surface area contributed by atoms with Crippen molar-refractivity contribution in [3.05, 3.63) is 41.0 Å². The minimum atomic E-state index is -1.71. The number of ketones is 1. The van der Waals surface area contributed by atoms with Crippen molar-refractivity contribution >= 4 is 17.7 Å². The van der Waals surface area contributed by atoms with Gasteiger partial charge in [-0.2, -0.15) is 0 Å². The molecule has 4 aliphatic rings. The summed E-state index contributed by atoms with van der Waals surface area (Å²) in [6, 6.07) is 3.35. The molecule has 5 rings (SSSR count). The van der Waals surface area contributed by atoms with Crippen molar-refractivity contribution in [2.75, 3.05) is 13.7 Å². The normalized spacial score (nSPS) is 39.2. The fraction of sp³-hybridized carbons (Fsp3) is 0.744. The second-order valence-corrected chi connectivity index (χ2v) is 17.5. The van der Waals surface area contributed by atoms with Crippen LogP contribution in [0.4, 0.5) is 0 Å². The third-order valence-corrected chi connectivity index (χ3v) is 13.5. The molecule has 57 heavy (non-hydrogen) atoms. The van der Waals surface area contributed by atoms with Crippen LogP contribution in [0.5, 0.6) is 5.75 Å². The molecule has 320 valence electrons. The van der Waals surface area contributed by atoms with E-state index < -0.39 is 95.5 Å². The first-order valence-corrected chi connectivity index (χ1v) is 20.4. The van der Waals surface area contributed by atoms with Gasteiger partial charge in [0, 0.05) is 37.2 Å². The van der Waals surface area contributed by atoms with E-state index in [-0.39, 0.29) is 47.9 Å². The number of methoxy groups -OCH3 is 1. The third-order valence-electron chi connectivity index (χ3n) is 13.5. The van der Waals surface area contributed by atoms with Gasteiger partial charge in [-0.05, 0) is 74.6 Å². The van der Waals surface area contributed by atoms with Crippen LogP contribution in [0.3, 0.4) is 0 Å². The van der Waals surface area contributed by atoms with Crippen LogP contribution in [-0.4, -0.2) is 117 Å². The second-order valence-electron chi connectivity index (χ2n) is 17.5. The fourth-order valence-corrected chi connectivity index (χ4v) is 10.1. The molecule has 3 fully saturated rings. The van der Waals surface area contributed by atoms with Gasteiger partial charge in [-0.25, -0.2) is 9.59 Å². The molecule has 0 amide bonds. The molecular formula is C43H64O14. The Bertz CT molecular complexity index is 1680. The number of rotatable bonds is 13. The number of phenols is 1. The molecule has 5 N–H and O–H groups in total. The predicted octanol–water partition coefficient (Wildman–Crippen LogP) is 4.65. The molecule has 1 aromatic rings. The monoisotopic (exact) mass is 804 g/mol. The van der Waals surface area contributed by atoms with Gasteiger partial charge < -0.3 is 54.0 Å². The number of aromatic hydroxyl groups is 1. The van der Waals surface area contributed by atoms with Crippen molar-refractivity contribution in [3.8, 4) is 5.75 Å². The molecule has 1 aromatic carbocycles. The van der Waals surface area contributed by atoms with E-state index in [2.05, 4.69) is 0 Å². The van der Waals surface area contributed by atoms with Crippen molar-refractivity contribution in [2.24, 2.45) is 35.5 Å². The van der Waals surface area contributed by atoms with Crippen LogP contribution in [0.25, 0.3) is 0 Å².